The summed E-state index contributed by atoms with van der Waals surface area (Å²) in [6, 6.07) is 9.47. The Hall–Kier alpha value is -2.30. The maximum Gasteiger partial charge on any atom is 0.243 e. The summed E-state index contributed by atoms with van der Waals surface area (Å²) < 4.78 is 64.3. The number of carbonyl (C=O) groups excluding carboxylic acids is 1. The zero-order chi connectivity index (χ0) is 23.1. The highest BCUT2D eigenvalue weighted by Crippen LogP contribution is 2.33. The van der Waals surface area contributed by atoms with Gasteiger partial charge in [-0.3, -0.25) is 4.79 Å². The Balaban J connectivity index is 1.56. The monoisotopic (exact) mass is 480 g/mol. The van der Waals surface area contributed by atoms with Crippen LogP contribution in [0.5, 0.6) is 0 Å². The van der Waals surface area contributed by atoms with E-state index in [1.54, 1.807) is 17.0 Å². The molecule has 0 radical (unpaired) electrons. The van der Waals surface area contributed by atoms with Crippen molar-refractivity contribution in [2.75, 3.05) is 30.8 Å². The van der Waals surface area contributed by atoms with E-state index in [1.807, 2.05) is 0 Å². The number of sulfonamides is 1. The molecule has 10 heteroatoms. The van der Waals surface area contributed by atoms with E-state index >= 15 is 0 Å². The van der Waals surface area contributed by atoms with Crippen LogP contribution in [0.15, 0.2) is 52.3 Å². The van der Waals surface area contributed by atoms with Gasteiger partial charge in [-0.15, -0.1) is 0 Å². The van der Waals surface area contributed by atoms with Gasteiger partial charge in [0.25, 0.3) is 0 Å². The summed E-state index contributed by atoms with van der Waals surface area (Å²) in [5, 5.41) is 0. The van der Waals surface area contributed by atoms with Crippen LogP contribution in [0.1, 0.15) is 24.8 Å². The Morgan fingerprint density at radius 3 is 2.34 bits per heavy atom. The molecule has 2 aromatic rings. The Bertz CT molecular complexity index is 1240. The van der Waals surface area contributed by atoms with Gasteiger partial charge < -0.3 is 4.90 Å². The SMILES string of the molecule is CS(=O)(=O)c1ccc2c(c1)CCCN2C(=O)C1CCCN(S(=O)(=O)c2ccc(F)cc2)C1. The van der Waals surface area contributed by atoms with Crippen LogP contribution in [0.2, 0.25) is 0 Å². The molecule has 1 unspecified atom stereocenters. The van der Waals surface area contributed by atoms with Gasteiger partial charge in [0.1, 0.15) is 5.82 Å². The van der Waals surface area contributed by atoms with Crippen molar-refractivity contribution in [1.82, 2.24) is 4.31 Å². The first-order valence-corrected chi connectivity index (χ1v) is 13.8. The molecular weight excluding hydrogens is 455 g/mol. The molecule has 7 nitrogen and oxygen atoms in total. The predicted molar refractivity (Wildman–Crippen MR) is 118 cm³/mol. The summed E-state index contributed by atoms with van der Waals surface area (Å²) in [6.45, 7) is 0.870. The molecule has 0 N–H and O–H groups in total. The van der Waals surface area contributed by atoms with Crippen molar-refractivity contribution < 1.29 is 26.0 Å². The molecule has 0 saturated carbocycles. The number of benzene rings is 2. The smallest absolute Gasteiger partial charge is 0.243 e. The van der Waals surface area contributed by atoms with Crippen LogP contribution < -0.4 is 4.90 Å². The van der Waals surface area contributed by atoms with Crippen LogP contribution in [-0.2, 0) is 31.1 Å². The summed E-state index contributed by atoms with van der Waals surface area (Å²) in [5.41, 5.74) is 1.49. The summed E-state index contributed by atoms with van der Waals surface area (Å²) in [6.07, 6.45) is 3.65. The quantitative estimate of drug-likeness (QED) is 0.671. The number of amides is 1. The number of carbonyl (C=O) groups is 1. The van der Waals surface area contributed by atoms with E-state index in [9.17, 15) is 26.0 Å². The topological polar surface area (TPSA) is 91.8 Å². The highest BCUT2D eigenvalue weighted by molar-refractivity contribution is 7.90. The maximum atomic E-state index is 13.4. The van der Waals surface area contributed by atoms with Gasteiger partial charge in [-0.25, -0.2) is 21.2 Å². The number of rotatable bonds is 4. The van der Waals surface area contributed by atoms with Gasteiger partial charge in [-0.05, 0) is 73.7 Å². The lowest BCUT2D eigenvalue weighted by Crippen LogP contribution is -2.48. The highest BCUT2D eigenvalue weighted by atomic mass is 32.2. The molecule has 172 valence electrons. The average molecular weight is 481 g/mol. The first-order chi connectivity index (χ1) is 15.1. The third-order valence-electron chi connectivity index (χ3n) is 6.05. The van der Waals surface area contributed by atoms with Crippen molar-refractivity contribution in [3.05, 3.63) is 53.8 Å². The second-order valence-corrected chi connectivity index (χ2v) is 12.3. The van der Waals surface area contributed by atoms with Gasteiger partial charge in [0.15, 0.2) is 9.84 Å². The number of hydrogen-bond acceptors (Lipinski definition) is 5. The Kier molecular flexibility index (Phi) is 6.12. The van der Waals surface area contributed by atoms with E-state index in [0.29, 0.717) is 44.5 Å². The van der Waals surface area contributed by atoms with E-state index in [2.05, 4.69) is 0 Å². The van der Waals surface area contributed by atoms with Crippen LogP contribution in [0.4, 0.5) is 10.1 Å². The highest BCUT2D eigenvalue weighted by Gasteiger charge is 2.36. The standard InChI is InChI=1S/C22H25FN2O5S2/c1-31(27,28)20-10-11-21-16(14-20)4-3-13-25(21)22(26)17-5-2-12-24(15-17)32(29,30)19-8-6-18(23)7-9-19/h6-11,14,17H,2-5,12-13,15H2,1H3. The molecule has 4 rings (SSSR count). The molecule has 1 fully saturated rings. The molecule has 0 bridgehead atoms. The van der Waals surface area contributed by atoms with E-state index in [0.717, 1.165) is 24.0 Å². The summed E-state index contributed by atoms with van der Waals surface area (Å²) in [5.74, 6) is -1.17. The van der Waals surface area contributed by atoms with E-state index in [1.165, 1.54) is 22.5 Å². The van der Waals surface area contributed by atoms with E-state index < -0.39 is 31.6 Å². The Labute approximate surface area is 187 Å². The van der Waals surface area contributed by atoms with Gasteiger partial charge in [-0.1, -0.05) is 0 Å². The molecule has 1 amide bonds. The largest absolute Gasteiger partial charge is 0.312 e. The fourth-order valence-corrected chi connectivity index (χ4v) is 6.57. The second kappa shape index (κ2) is 8.57. The molecule has 2 aliphatic rings. The molecule has 2 aliphatic heterocycles. The molecule has 0 spiro atoms. The molecular formula is C22H25FN2O5S2. The van der Waals surface area contributed by atoms with Crippen molar-refractivity contribution in [3.63, 3.8) is 0 Å². The Morgan fingerprint density at radius 1 is 0.969 bits per heavy atom. The fourth-order valence-electron chi connectivity index (χ4n) is 4.37. The lowest BCUT2D eigenvalue weighted by atomic mass is 9.95. The number of nitrogens with zero attached hydrogens (tertiary/aromatic N) is 2. The van der Waals surface area contributed by atoms with E-state index in [-0.39, 0.29) is 22.2 Å². The lowest BCUT2D eigenvalue weighted by molar-refractivity contribution is -0.123. The van der Waals surface area contributed by atoms with Crippen LogP contribution in [0, 0.1) is 11.7 Å². The zero-order valence-corrected chi connectivity index (χ0v) is 19.3. The number of hydrogen-bond donors (Lipinski definition) is 0. The minimum Gasteiger partial charge on any atom is -0.312 e. The van der Waals surface area contributed by atoms with Crippen LogP contribution in [0.25, 0.3) is 0 Å². The maximum absolute atomic E-state index is 13.4. The van der Waals surface area contributed by atoms with E-state index in [4.69, 9.17) is 0 Å². The first kappa shape index (κ1) is 22.9. The molecule has 2 heterocycles. The van der Waals surface area contributed by atoms with Gasteiger partial charge in [0.2, 0.25) is 15.9 Å². The van der Waals surface area contributed by atoms with Crippen molar-refractivity contribution in [3.8, 4) is 0 Å². The third-order valence-corrected chi connectivity index (χ3v) is 9.04. The fraction of sp³-hybridized carbons (Fsp3) is 0.409. The van der Waals surface area contributed by atoms with Crippen LogP contribution >= 0.6 is 0 Å². The number of piperidine rings is 1. The average Bonchev–Trinajstić information content (AvgIpc) is 2.77. The van der Waals surface area contributed by atoms with Crippen molar-refractivity contribution in [2.24, 2.45) is 5.92 Å². The molecule has 1 saturated heterocycles. The molecule has 2 aromatic carbocycles. The van der Waals surface area contributed by atoms with Crippen molar-refractivity contribution >= 4 is 31.5 Å². The lowest BCUT2D eigenvalue weighted by Gasteiger charge is -2.36. The van der Waals surface area contributed by atoms with Crippen LogP contribution in [0.3, 0.4) is 0 Å². The van der Waals surface area contributed by atoms with Crippen LogP contribution in [-0.4, -0.2) is 52.9 Å². The van der Waals surface area contributed by atoms with Gasteiger partial charge in [0.05, 0.1) is 15.7 Å². The minimum atomic E-state index is -3.83. The summed E-state index contributed by atoms with van der Waals surface area (Å²) in [7, 11) is -7.18. The third kappa shape index (κ3) is 4.44. The van der Waals surface area contributed by atoms with Crippen molar-refractivity contribution in [2.45, 2.75) is 35.5 Å². The molecule has 1 atom stereocenters. The summed E-state index contributed by atoms with van der Waals surface area (Å²) in [4.78, 5) is 15.3. The summed E-state index contributed by atoms with van der Waals surface area (Å²) >= 11 is 0. The Morgan fingerprint density at radius 2 is 1.66 bits per heavy atom. The molecule has 0 aliphatic carbocycles. The number of aryl methyl sites for hydroxylation is 1. The molecule has 32 heavy (non-hydrogen) atoms. The number of halogens is 1. The minimum absolute atomic E-state index is 0.00335. The predicted octanol–water partition coefficient (Wildman–Crippen LogP) is 2.61. The van der Waals surface area contributed by atoms with Gasteiger partial charge in [-0.2, -0.15) is 4.31 Å². The second-order valence-electron chi connectivity index (χ2n) is 8.31. The number of fused-ring (bicyclic) bond motifs is 1. The van der Waals surface area contributed by atoms with Crippen molar-refractivity contribution in [1.29, 1.82) is 0 Å². The normalized spacial score (nSPS) is 20.1. The van der Waals surface area contributed by atoms with Gasteiger partial charge >= 0.3 is 0 Å². The first-order valence-electron chi connectivity index (χ1n) is 10.5. The number of sulfone groups is 1. The van der Waals surface area contributed by atoms with Gasteiger partial charge in [0, 0.05) is 31.6 Å². The molecule has 0 aromatic heterocycles. The zero-order valence-electron chi connectivity index (χ0n) is 17.7. The number of anilines is 1.